The third-order valence-electron chi connectivity index (χ3n) is 6.01. The molecule has 9 heteroatoms. The summed E-state index contributed by atoms with van der Waals surface area (Å²) < 4.78 is 39.1. The van der Waals surface area contributed by atoms with Crippen LogP contribution in [0.3, 0.4) is 0 Å². The minimum Gasteiger partial charge on any atom is -0.496 e. The fourth-order valence-electron chi connectivity index (χ4n) is 4.05. The van der Waals surface area contributed by atoms with Crippen molar-refractivity contribution in [1.82, 2.24) is 15.2 Å². The number of aryl methyl sites for hydroxylation is 2. The van der Waals surface area contributed by atoms with Crippen LogP contribution in [0.1, 0.15) is 23.4 Å². The summed E-state index contributed by atoms with van der Waals surface area (Å²) in [6.07, 6.45) is 2.44. The van der Waals surface area contributed by atoms with E-state index in [9.17, 15) is 13.6 Å². The van der Waals surface area contributed by atoms with Crippen LogP contribution in [-0.4, -0.2) is 49.2 Å². The predicted molar refractivity (Wildman–Crippen MR) is 125 cm³/mol. The number of methoxy groups -OCH3 is 1. The molecular weight excluding hydrogens is 442 g/mol. The van der Waals surface area contributed by atoms with Gasteiger partial charge in [-0.25, -0.2) is 18.6 Å². The van der Waals surface area contributed by atoms with Crippen LogP contribution >= 0.6 is 0 Å². The molecule has 1 aliphatic rings. The molecule has 7 nitrogen and oxygen atoms in total. The van der Waals surface area contributed by atoms with Crippen molar-refractivity contribution < 1.29 is 22.7 Å². The van der Waals surface area contributed by atoms with Gasteiger partial charge in [-0.2, -0.15) is 0 Å². The molecule has 0 unspecified atom stereocenters. The van der Waals surface area contributed by atoms with Crippen LogP contribution in [0.2, 0.25) is 0 Å². The number of urea groups is 1. The molecule has 2 heterocycles. The molecule has 4 rings (SSSR count). The molecule has 1 aromatic heterocycles. The van der Waals surface area contributed by atoms with E-state index in [2.05, 4.69) is 15.2 Å². The number of aromatic nitrogens is 1. The summed E-state index contributed by atoms with van der Waals surface area (Å²) in [4.78, 5) is 20.7. The lowest BCUT2D eigenvalue weighted by atomic mass is 10.1. The van der Waals surface area contributed by atoms with Crippen molar-refractivity contribution in [3.8, 4) is 17.1 Å². The standard InChI is InChI=1S/C25H28F2N4O3/c1-16-5-6-18(24(27)23(16)26)14-29-25(32)31-10-4-9-30(11-12-31)19-7-8-20(21(13-19)33-3)22-15-28-17(2)34-22/h5-8,13,15H,4,9-12,14H2,1-3H3,(H,29,32). The van der Waals surface area contributed by atoms with Gasteiger partial charge in [-0.3, -0.25) is 0 Å². The zero-order chi connectivity index (χ0) is 24.2. The van der Waals surface area contributed by atoms with E-state index in [1.54, 1.807) is 25.1 Å². The van der Waals surface area contributed by atoms with Crippen molar-refractivity contribution >= 4 is 11.7 Å². The van der Waals surface area contributed by atoms with Gasteiger partial charge in [0, 0.05) is 57.0 Å². The number of benzene rings is 2. The first-order valence-corrected chi connectivity index (χ1v) is 11.2. The maximum absolute atomic E-state index is 14.1. The van der Waals surface area contributed by atoms with E-state index in [-0.39, 0.29) is 23.7 Å². The Morgan fingerprint density at radius 1 is 1.12 bits per heavy atom. The predicted octanol–water partition coefficient (Wildman–Crippen LogP) is 4.67. The number of halogens is 2. The van der Waals surface area contributed by atoms with E-state index in [0.717, 1.165) is 24.2 Å². The van der Waals surface area contributed by atoms with Crippen LogP contribution < -0.4 is 15.0 Å². The van der Waals surface area contributed by atoms with Crippen LogP contribution in [0.5, 0.6) is 5.75 Å². The van der Waals surface area contributed by atoms with Crippen molar-refractivity contribution in [3.05, 3.63) is 65.2 Å². The fraction of sp³-hybridized carbons (Fsp3) is 0.360. The monoisotopic (exact) mass is 470 g/mol. The molecule has 180 valence electrons. The van der Waals surface area contributed by atoms with Gasteiger partial charge in [0.15, 0.2) is 23.3 Å². The first-order chi connectivity index (χ1) is 16.4. The minimum absolute atomic E-state index is 0.0676. The zero-order valence-corrected chi connectivity index (χ0v) is 19.5. The van der Waals surface area contributed by atoms with Gasteiger partial charge >= 0.3 is 6.03 Å². The Morgan fingerprint density at radius 3 is 2.68 bits per heavy atom. The third-order valence-corrected chi connectivity index (χ3v) is 6.01. The van der Waals surface area contributed by atoms with E-state index in [1.165, 1.54) is 19.1 Å². The molecule has 2 aromatic carbocycles. The van der Waals surface area contributed by atoms with Crippen molar-refractivity contribution in [2.24, 2.45) is 0 Å². The molecule has 0 aliphatic carbocycles. The normalized spacial score (nSPS) is 14.1. The summed E-state index contributed by atoms with van der Waals surface area (Å²) in [5.74, 6) is 0.115. The zero-order valence-electron chi connectivity index (χ0n) is 19.5. The van der Waals surface area contributed by atoms with E-state index >= 15 is 0 Å². The van der Waals surface area contributed by atoms with Crippen LogP contribution in [0.4, 0.5) is 19.3 Å². The lowest BCUT2D eigenvalue weighted by Crippen LogP contribution is -2.41. The summed E-state index contributed by atoms with van der Waals surface area (Å²) in [7, 11) is 1.61. The molecule has 1 saturated heterocycles. The molecule has 0 atom stereocenters. The van der Waals surface area contributed by atoms with Gasteiger partial charge in [-0.15, -0.1) is 0 Å². The lowest BCUT2D eigenvalue weighted by Gasteiger charge is -2.24. The van der Waals surface area contributed by atoms with Gasteiger partial charge < -0.3 is 24.3 Å². The molecule has 1 aliphatic heterocycles. The molecule has 0 bridgehead atoms. The number of hydrogen-bond acceptors (Lipinski definition) is 5. The maximum Gasteiger partial charge on any atom is 0.317 e. The number of carbonyl (C=O) groups excluding carboxylic acids is 1. The SMILES string of the molecule is COc1cc(N2CCCN(C(=O)NCc3ccc(C)c(F)c3F)CC2)ccc1-c1cnc(C)o1. The summed E-state index contributed by atoms with van der Waals surface area (Å²) in [6.45, 7) is 5.70. The van der Waals surface area contributed by atoms with E-state index in [0.29, 0.717) is 37.0 Å². The Balaban J connectivity index is 1.39. The Morgan fingerprint density at radius 2 is 1.94 bits per heavy atom. The average Bonchev–Trinajstić information content (AvgIpc) is 3.12. The largest absolute Gasteiger partial charge is 0.496 e. The number of anilines is 1. The Hall–Kier alpha value is -3.62. The Labute approximate surface area is 197 Å². The van der Waals surface area contributed by atoms with E-state index in [4.69, 9.17) is 9.15 Å². The summed E-state index contributed by atoms with van der Waals surface area (Å²) >= 11 is 0. The number of nitrogens with zero attached hydrogens (tertiary/aromatic N) is 3. The molecule has 1 N–H and O–H groups in total. The van der Waals surface area contributed by atoms with Crippen molar-refractivity contribution in [2.75, 3.05) is 38.2 Å². The van der Waals surface area contributed by atoms with Crippen molar-refractivity contribution in [3.63, 3.8) is 0 Å². The number of nitrogens with one attached hydrogen (secondary N) is 1. The van der Waals surface area contributed by atoms with Gasteiger partial charge in [0.2, 0.25) is 0 Å². The highest BCUT2D eigenvalue weighted by Crippen LogP contribution is 2.34. The molecule has 3 aromatic rings. The molecule has 0 saturated carbocycles. The number of rotatable bonds is 5. The summed E-state index contributed by atoms with van der Waals surface area (Å²) in [6, 6.07) is 8.61. The Bertz CT molecular complexity index is 1180. The first kappa shape index (κ1) is 23.5. The topological polar surface area (TPSA) is 70.8 Å². The first-order valence-electron chi connectivity index (χ1n) is 11.2. The van der Waals surface area contributed by atoms with Crippen LogP contribution in [0.15, 0.2) is 40.9 Å². The summed E-state index contributed by atoms with van der Waals surface area (Å²) in [5.41, 5.74) is 2.17. The molecular formula is C25H28F2N4O3. The second-order valence-electron chi connectivity index (χ2n) is 8.28. The molecule has 0 spiro atoms. The highest BCUT2D eigenvalue weighted by atomic mass is 19.2. The lowest BCUT2D eigenvalue weighted by molar-refractivity contribution is 0.201. The van der Waals surface area contributed by atoms with Crippen molar-refractivity contribution in [2.45, 2.75) is 26.8 Å². The van der Waals surface area contributed by atoms with E-state index < -0.39 is 11.6 Å². The maximum atomic E-state index is 14.1. The molecule has 34 heavy (non-hydrogen) atoms. The second kappa shape index (κ2) is 10.1. The highest BCUT2D eigenvalue weighted by molar-refractivity contribution is 5.74. The number of carbonyl (C=O) groups is 1. The minimum atomic E-state index is -0.916. The summed E-state index contributed by atoms with van der Waals surface area (Å²) in [5, 5.41) is 2.71. The molecule has 1 fully saturated rings. The Kier molecular flexibility index (Phi) is 7.00. The fourth-order valence-corrected chi connectivity index (χ4v) is 4.05. The number of amides is 2. The number of oxazole rings is 1. The van der Waals surface area contributed by atoms with Crippen LogP contribution in [0, 0.1) is 25.5 Å². The van der Waals surface area contributed by atoms with Gasteiger partial charge in [0.05, 0.1) is 18.9 Å². The smallest absolute Gasteiger partial charge is 0.317 e. The van der Waals surface area contributed by atoms with Gasteiger partial charge in [-0.05, 0) is 31.0 Å². The quantitative estimate of drug-likeness (QED) is 0.587. The highest BCUT2D eigenvalue weighted by Gasteiger charge is 2.21. The van der Waals surface area contributed by atoms with Gasteiger partial charge in [0.25, 0.3) is 0 Å². The van der Waals surface area contributed by atoms with Gasteiger partial charge in [-0.1, -0.05) is 12.1 Å². The van der Waals surface area contributed by atoms with Gasteiger partial charge in [0.1, 0.15) is 5.75 Å². The third kappa shape index (κ3) is 4.98. The van der Waals surface area contributed by atoms with Crippen molar-refractivity contribution in [1.29, 1.82) is 0 Å². The van der Waals surface area contributed by atoms with Crippen LogP contribution in [0.25, 0.3) is 11.3 Å². The molecule has 2 amide bonds. The van der Waals surface area contributed by atoms with Crippen LogP contribution in [-0.2, 0) is 6.54 Å². The average molecular weight is 471 g/mol. The molecule has 0 radical (unpaired) electrons. The van der Waals surface area contributed by atoms with E-state index in [1.807, 2.05) is 18.2 Å². The number of hydrogen-bond donors (Lipinski definition) is 1. The number of ether oxygens (including phenoxy) is 1. The second-order valence-corrected chi connectivity index (χ2v) is 8.28.